The maximum absolute atomic E-state index is 12.4. The first-order chi connectivity index (χ1) is 10.3. The summed E-state index contributed by atoms with van der Waals surface area (Å²) in [5.74, 6) is -2.83. The Morgan fingerprint density at radius 1 is 1.09 bits per heavy atom. The number of allylic oxidation sites excluding steroid dienone is 3. The van der Waals surface area contributed by atoms with Gasteiger partial charge in [0, 0.05) is 18.3 Å². The maximum atomic E-state index is 12.4. The van der Waals surface area contributed by atoms with E-state index in [9.17, 15) is 19.5 Å². The van der Waals surface area contributed by atoms with E-state index in [1.54, 1.807) is 0 Å². The third-order valence-electron chi connectivity index (χ3n) is 3.35. The number of aliphatic carboxylic acids is 1. The van der Waals surface area contributed by atoms with Gasteiger partial charge in [0.2, 0.25) is 23.1 Å². The molecule has 7 nitrogen and oxygen atoms in total. The second-order valence-electron chi connectivity index (χ2n) is 4.55. The van der Waals surface area contributed by atoms with Gasteiger partial charge < -0.3 is 19.3 Å². The first-order valence-corrected chi connectivity index (χ1v) is 6.40. The molecule has 0 spiro atoms. The fraction of sp³-hybridized carbons (Fsp3) is 0.400. The molecule has 1 aliphatic rings. The SMILES string of the molecule is COC1=C(OC)C(=O)C(/C=C(/C(=O)O)C(C)OC)=C(C)C1=O. The monoisotopic (exact) mass is 310 g/mol. The Bertz CT molecular complexity index is 607. The van der Waals surface area contributed by atoms with Crippen LogP contribution in [-0.2, 0) is 28.6 Å². The summed E-state index contributed by atoms with van der Waals surface area (Å²) in [4.78, 5) is 35.9. The minimum atomic E-state index is -1.24. The van der Waals surface area contributed by atoms with E-state index in [2.05, 4.69) is 0 Å². The standard InChI is InChI=1S/C15H18O7/c1-7-9(6-10(15(18)19)8(2)20-3)12(17)14(22-5)13(21-4)11(7)16/h6,8H,1-5H3,(H,18,19)/b10-6+. The van der Waals surface area contributed by atoms with Gasteiger partial charge in [0.1, 0.15) is 0 Å². The summed E-state index contributed by atoms with van der Waals surface area (Å²) in [6.45, 7) is 2.95. The van der Waals surface area contributed by atoms with Gasteiger partial charge in [0.25, 0.3) is 0 Å². The minimum absolute atomic E-state index is 0.0519. The molecule has 1 aliphatic carbocycles. The molecule has 0 aromatic heterocycles. The Morgan fingerprint density at radius 3 is 2.00 bits per heavy atom. The number of carboxylic acids is 1. The van der Waals surface area contributed by atoms with E-state index < -0.39 is 23.6 Å². The Labute approximate surface area is 127 Å². The normalized spacial score (nSPS) is 17.8. The first kappa shape index (κ1) is 17.6. The van der Waals surface area contributed by atoms with Crippen molar-refractivity contribution in [1.29, 1.82) is 0 Å². The Morgan fingerprint density at radius 2 is 1.59 bits per heavy atom. The van der Waals surface area contributed by atoms with Crippen LogP contribution in [0.1, 0.15) is 13.8 Å². The van der Waals surface area contributed by atoms with Gasteiger partial charge in [0.05, 0.1) is 25.9 Å². The lowest BCUT2D eigenvalue weighted by Crippen LogP contribution is -2.25. The third-order valence-corrected chi connectivity index (χ3v) is 3.35. The lowest BCUT2D eigenvalue weighted by Gasteiger charge is -2.19. The van der Waals surface area contributed by atoms with Crippen LogP contribution in [0.5, 0.6) is 0 Å². The molecule has 1 N–H and O–H groups in total. The highest BCUT2D eigenvalue weighted by Crippen LogP contribution is 2.27. The molecule has 120 valence electrons. The highest BCUT2D eigenvalue weighted by atomic mass is 16.5. The number of carboxylic acid groups (broad SMARTS) is 1. The van der Waals surface area contributed by atoms with Crippen molar-refractivity contribution >= 4 is 17.5 Å². The zero-order valence-corrected chi connectivity index (χ0v) is 13.1. The zero-order valence-electron chi connectivity index (χ0n) is 13.1. The highest BCUT2D eigenvalue weighted by molar-refractivity contribution is 6.24. The molecule has 1 rings (SSSR count). The Balaban J connectivity index is 3.47. The topological polar surface area (TPSA) is 99.1 Å². The Kier molecular flexibility index (Phi) is 5.64. The molecular formula is C15H18O7. The van der Waals surface area contributed by atoms with Crippen LogP contribution in [0.25, 0.3) is 0 Å². The van der Waals surface area contributed by atoms with Crippen molar-refractivity contribution in [2.75, 3.05) is 21.3 Å². The van der Waals surface area contributed by atoms with E-state index in [1.165, 1.54) is 35.2 Å². The van der Waals surface area contributed by atoms with Crippen molar-refractivity contribution in [2.45, 2.75) is 20.0 Å². The molecule has 1 atom stereocenters. The Hall–Kier alpha value is -2.41. The number of ketones is 2. The van der Waals surface area contributed by atoms with E-state index in [0.717, 1.165) is 6.08 Å². The van der Waals surface area contributed by atoms with E-state index in [-0.39, 0.29) is 28.2 Å². The van der Waals surface area contributed by atoms with Gasteiger partial charge >= 0.3 is 5.97 Å². The predicted octanol–water partition coefficient (Wildman–Crippen LogP) is 1.01. The molecule has 0 aromatic carbocycles. The number of hydrogen-bond donors (Lipinski definition) is 1. The molecule has 0 aromatic rings. The summed E-state index contributed by atoms with van der Waals surface area (Å²) in [6.07, 6.45) is 0.386. The second kappa shape index (κ2) is 7.04. The highest BCUT2D eigenvalue weighted by Gasteiger charge is 2.34. The van der Waals surface area contributed by atoms with Gasteiger partial charge in [-0.25, -0.2) is 4.79 Å². The fourth-order valence-corrected chi connectivity index (χ4v) is 1.97. The third kappa shape index (κ3) is 3.09. The lowest BCUT2D eigenvalue weighted by molar-refractivity contribution is -0.133. The maximum Gasteiger partial charge on any atom is 0.334 e. The second-order valence-corrected chi connectivity index (χ2v) is 4.55. The van der Waals surface area contributed by atoms with Gasteiger partial charge in [-0.2, -0.15) is 0 Å². The predicted molar refractivity (Wildman–Crippen MR) is 75.9 cm³/mol. The smallest absolute Gasteiger partial charge is 0.334 e. The van der Waals surface area contributed by atoms with Crippen LogP contribution in [0.2, 0.25) is 0 Å². The van der Waals surface area contributed by atoms with Gasteiger partial charge in [-0.15, -0.1) is 0 Å². The molecule has 0 amide bonds. The fourth-order valence-electron chi connectivity index (χ4n) is 1.97. The molecule has 0 fully saturated rings. The number of hydrogen-bond acceptors (Lipinski definition) is 6. The van der Waals surface area contributed by atoms with Crippen LogP contribution < -0.4 is 0 Å². The molecular weight excluding hydrogens is 292 g/mol. The number of carbonyl (C=O) groups excluding carboxylic acids is 2. The number of Topliss-reactive ketones (excluding diaryl/α,β-unsaturated/α-hetero) is 2. The number of ether oxygens (including phenoxy) is 3. The molecule has 0 saturated carbocycles. The average molecular weight is 310 g/mol. The minimum Gasteiger partial charge on any atom is -0.489 e. The number of rotatable bonds is 6. The van der Waals surface area contributed by atoms with Crippen LogP contribution in [0.3, 0.4) is 0 Å². The van der Waals surface area contributed by atoms with Crippen LogP contribution >= 0.6 is 0 Å². The number of methoxy groups -OCH3 is 3. The molecule has 22 heavy (non-hydrogen) atoms. The summed E-state index contributed by atoms with van der Waals surface area (Å²) in [6, 6.07) is 0. The summed E-state index contributed by atoms with van der Waals surface area (Å²) < 4.78 is 14.8. The summed E-state index contributed by atoms with van der Waals surface area (Å²) in [5, 5.41) is 9.23. The zero-order chi connectivity index (χ0) is 17.0. The van der Waals surface area contributed by atoms with Crippen molar-refractivity contribution in [2.24, 2.45) is 0 Å². The van der Waals surface area contributed by atoms with Gasteiger partial charge in [-0.3, -0.25) is 9.59 Å². The summed E-state index contributed by atoms with van der Waals surface area (Å²) >= 11 is 0. The van der Waals surface area contributed by atoms with E-state index in [0.29, 0.717) is 0 Å². The van der Waals surface area contributed by atoms with Gasteiger partial charge in [-0.1, -0.05) is 0 Å². The first-order valence-electron chi connectivity index (χ1n) is 6.40. The van der Waals surface area contributed by atoms with E-state index in [1.807, 2.05) is 0 Å². The van der Waals surface area contributed by atoms with Crippen LogP contribution in [0.15, 0.2) is 34.3 Å². The molecule has 0 saturated heterocycles. The van der Waals surface area contributed by atoms with Gasteiger partial charge in [0.15, 0.2) is 0 Å². The number of carbonyl (C=O) groups is 3. The molecule has 1 unspecified atom stereocenters. The van der Waals surface area contributed by atoms with Crippen molar-refractivity contribution in [3.8, 4) is 0 Å². The van der Waals surface area contributed by atoms with Gasteiger partial charge in [-0.05, 0) is 19.9 Å². The molecule has 7 heteroatoms. The van der Waals surface area contributed by atoms with Crippen molar-refractivity contribution < 1.29 is 33.7 Å². The molecule has 0 aliphatic heterocycles. The molecule has 0 radical (unpaired) electrons. The molecule has 0 heterocycles. The van der Waals surface area contributed by atoms with Crippen LogP contribution in [0, 0.1) is 0 Å². The van der Waals surface area contributed by atoms with Crippen LogP contribution in [0.4, 0.5) is 0 Å². The van der Waals surface area contributed by atoms with Crippen molar-refractivity contribution in [3.63, 3.8) is 0 Å². The lowest BCUT2D eigenvalue weighted by atomic mass is 9.91. The van der Waals surface area contributed by atoms with E-state index in [4.69, 9.17) is 14.2 Å². The van der Waals surface area contributed by atoms with E-state index >= 15 is 0 Å². The summed E-state index contributed by atoms with van der Waals surface area (Å²) in [7, 11) is 3.83. The summed E-state index contributed by atoms with van der Waals surface area (Å²) in [5.41, 5.74) is -0.108. The molecule has 0 bridgehead atoms. The average Bonchev–Trinajstić information content (AvgIpc) is 2.49. The quantitative estimate of drug-likeness (QED) is 0.577. The van der Waals surface area contributed by atoms with Crippen LogP contribution in [-0.4, -0.2) is 50.1 Å². The van der Waals surface area contributed by atoms with Crippen molar-refractivity contribution in [3.05, 3.63) is 34.3 Å². The largest absolute Gasteiger partial charge is 0.489 e. The van der Waals surface area contributed by atoms with Crippen molar-refractivity contribution in [1.82, 2.24) is 0 Å².